The molecular formula is C15H20ClF2N3O. The Morgan fingerprint density at radius 2 is 2.05 bits per heavy atom. The Bertz CT molecular complexity index is 611. The number of alkyl halides is 2. The third-order valence-corrected chi connectivity index (χ3v) is 2.99. The van der Waals surface area contributed by atoms with Crippen molar-refractivity contribution in [2.45, 2.75) is 26.3 Å². The first-order valence-electron chi connectivity index (χ1n) is 6.73. The van der Waals surface area contributed by atoms with Crippen molar-refractivity contribution in [2.24, 2.45) is 5.73 Å². The lowest BCUT2D eigenvalue weighted by Gasteiger charge is -2.14. The third-order valence-electron chi connectivity index (χ3n) is 2.99. The molecule has 0 atom stereocenters. The van der Waals surface area contributed by atoms with Gasteiger partial charge in [0.2, 0.25) is 0 Å². The molecule has 0 radical (unpaired) electrons. The Labute approximate surface area is 134 Å². The van der Waals surface area contributed by atoms with Crippen molar-refractivity contribution in [1.29, 1.82) is 0 Å². The maximum atomic E-state index is 12.9. The topological polar surface area (TPSA) is 53.1 Å². The number of halogens is 3. The predicted molar refractivity (Wildman–Crippen MR) is 84.8 cm³/mol. The van der Waals surface area contributed by atoms with E-state index in [9.17, 15) is 8.78 Å². The molecule has 2 rings (SSSR count). The van der Waals surface area contributed by atoms with Crippen LogP contribution in [0.3, 0.4) is 0 Å². The van der Waals surface area contributed by atoms with E-state index < -0.39 is 12.5 Å². The SMILES string of the molecule is Cc1ccc(-c2cnn(CCN)c2)cc1OCC(C)(F)F.Cl. The quantitative estimate of drug-likeness (QED) is 0.883. The molecule has 0 aliphatic rings. The zero-order valence-electron chi connectivity index (χ0n) is 12.6. The van der Waals surface area contributed by atoms with Crippen LogP contribution in [0.2, 0.25) is 0 Å². The number of benzene rings is 1. The van der Waals surface area contributed by atoms with E-state index in [-0.39, 0.29) is 12.4 Å². The average molecular weight is 332 g/mol. The number of aromatic nitrogens is 2. The van der Waals surface area contributed by atoms with E-state index in [0.717, 1.165) is 23.6 Å². The van der Waals surface area contributed by atoms with E-state index in [4.69, 9.17) is 10.5 Å². The van der Waals surface area contributed by atoms with Crippen LogP contribution in [0.5, 0.6) is 5.75 Å². The molecule has 1 aromatic carbocycles. The number of nitrogens with zero attached hydrogens (tertiary/aromatic N) is 2. The van der Waals surface area contributed by atoms with Crippen LogP contribution in [0.25, 0.3) is 11.1 Å². The highest BCUT2D eigenvalue weighted by Gasteiger charge is 2.22. The molecule has 0 saturated heterocycles. The molecule has 1 aromatic heterocycles. The Hall–Kier alpha value is -1.66. The van der Waals surface area contributed by atoms with Gasteiger partial charge in [0, 0.05) is 25.2 Å². The van der Waals surface area contributed by atoms with Gasteiger partial charge in [-0.15, -0.1) is 12.4 Å². The van der Waals surface area contributed by atoms with Gasteiger partial charge < -0.3 is 10.5 Å². The molecule has 0 bridgehead atoms. The van der Waals surface area contributed by atoms with Crippen LogP contribution in [0.1, 0.15) is 12.5 Å². The van der Waals surface area contributed by atoms with Crippen molar-refractivity contribution in [3.63, 3.8) is 0 Å². The smallest absolute Gasteiger partial charge is 0.278 e. The van der Waals surface area contributed by atoms with Gasteiger partial charge in [-0.3, -0.25) is 4.68 Å². The zero-order valence-corrected chi connectivity index (χ0v) is 13.4. The first-order chi connectivity index (χ1) is 9.89. The van der Waals surface area contributed by atoms with E-state index in [1.54, 1.807) is 16.9 Å². The minimum atomic E-state index is -2.85. The minimum absolute atomic E-state index is 0. The third kappa shape index (κ3) is 4.96. The van der Waals surface area contributed by atoms with E-state index >= 15 is 0 Å². The fraction of sp³-hybridized carbons (Fsp3) is 0.400. The molecule has 0 aliphatic heterocycles. The monoisotopic (exact) mass is 331 g/mol. The summed E-state index contributed by atoms with van der Waals surface area (Å²) in [4.78, 5) is 0. The van der Waals surface area contributed by atoms with Crippen LogP contribution in [-0.2, 0) is 6.54 Å². The van der Waals surface area contributed by atoms with Crippen molar-refractivity contribution >= 4 is 12.4 Å². The molecule has 7 heteroatoms. The van der Waals surface area contributed by atoms with Gasteiger partial charge in [-0.1, -0.05) is 12.1 Å². The summed E-state index contributed by atoms with van der Waals surface area (Å²) in [6.07, 6.45) is 3.59. The van der Waals surface area contributed by atoms with Crippen LogP contribution in [0.4, 0.5) is 8.78 Å². The van der Waals surface area contributed by atoms with Gasteiger partial charge in [0.1, 0.15) is 5.75 Å². The molecule has 0 amide bonds. The van der Waals surface area contributed by atoms with Gasteiger partial charge in [-0.2, -0.15) is 5.10 Å². The first-order valence-corrected chi connectivity index (χ1v) is 6.73. The van der Waals surface area contributed by atoms with Crippen LogP contribution in [0, 0.1) is 6.92 Å². The summed E-state index contributed by atoms with van der Waals surface area (Å²) in [7, 11) is 0. The molecule has 2 N–H and O–H groups in total. The second kappa shape index (κ2) is 7.56. The van der Waals surface area contributed by atoms with Crippen molar-refractivity contribution in [3.05, 3.63) is 36.2 Å². The van der Waals surface area contributed by atoms with Crippen molar-refractivity contribution < 1.29 is 13.5 Å². The standard InChI is InChI=1S/C15H19F2N3O.ClH/c1-11-3-4-12(7-14(11)21-10-15(2,16)17)13-8-19-20(9-13)6-5-18;/h3-4,7-9H,5-6,10,18H2,1-2H3;1H. The Kier molecular flexibility index (Phi) is 6.32. The summed E-state index contributed by atoms with van der Waals surface area (Å²) in [5, 5.41) is 4.20. The van der Waals surface area contributed by atoms with E-state index in [2.05, 4.69) is 5.10 Å². The van der Waals surface area contributed by atoms with Crippen molar-refractivity contribution in [3.8, 4) is 16.9 Å². The molecule has 22 heavy (non-hydrogen) atoms. The molecule has 4 nitrogen and oxygen atoms in total. The zero-order chi connectivity index (χ0) is 15.5. The number of hydrogen-bond acceptors (Lipinski definition) is 3. The van der Waals surface area contributed by atoms with Gasteiger partial charge >= 0.3 is 0 Å². The fourth-order valence-electron chi connectivity index (χ4n) is 1.91. The molecular weight excluding hydrogens is 312 g/mol. The second-order valence-electron chi connectivity index (χ2n) is 5.12. The highest BCUT2D eigenvalue weighted by molar-refractivity contribution is 5.85. The number of nitrogens with two attached hydrogens (primary N) is 1. The fourth-order valence-corrected chi connectivity index (χ4v) is 1.91. The molecule has 0 fully saturated rings. The largest absolute Gasteiger partial charge is 0.487 e. The summed E-state index contributed by atoms with van der Waals surface area (Å²) in [6, 6.07) is 5.51. The summed E-state index contributed by atoms with van der Waals surface area (Å²) in [5.41, 5.74) is 8.07. The lowest BCUT2D eigenvalue weighted by Crippen LogP contribution is -2.21. The highest BCUT2D eigenvalue weighted by atomic mass is 35.5. The second-order valence-corrected chi connectivity index (χ2v) is 5.12. The Morgan fingerprint density at radius 1 is 1.32 bits per heavy atom. The summed E-state index contributed by atoms with van der Waals surface area (Å²) >= 11 is 0. The highest BCUT2D eigenvalue weighted by Crippen LogP contribution is 2.27. The van der Waals surface area contributed by atoms with Gasteiger partial charge in [0.25, 0.3) is 5.92 Å². The maximum absolute atomic E-state index is 12.9. The van der Waals surface area contributed by atoms with Crippen molar-refractivity contribution in [1.82, 2.24) is 9.78 Å². The molecule has 0 unspecified atom stereocenters. The Balaban J connectivity index is 0.00000242. The number of ether oxygens (including phenoxy) is 1. The first kappa shape index (κ1) is 18.4. The normalized spacial score (nSPS) is 11.1. The summed E-state index contributed by atoms with van der Waals surface area (Å²) in [5.74, 6) is -2.39. The van der Waals surface area contributed by atoms with Crippen LogP contribution in [-0.4, -0.2) is 28.9 Å². The van der Waals surface area contributed by atoms with E-state index in [0.29, 0.717) is 18.8 Å². The molecule has 122 valence electrons. The maximum Gasteiger partial charge on any atom is 0.278 e. The van der Waals surface area contributed by atoms with Gasteiger partial charge in [-0.25, -0.2) is 8.78 Å². The molecule has 1 heterocycles. The number of hydrogen-bond donors (Lipinski definition) is 1. The minimum Gasteiger partial charge on any atom is -0.487 e. The van der Waals surface area contributed by atoms with Crippen LogP contribution < -0.4 is 10.5 Å². The lowest BCUT2D eigenvalue weighted by atomic mass is 10.1. The number of rotatable bonds is 6. The number of aryl methyl sites for hydroxylation is 1. The van der Waals surface area contributed by atoms with Gasteiger partial charge in [0.05, 0.1) is 12.7 Å². The molecule has 0 aliphatic carbocycles. The van der Waals surface area contributed by atoms with Crippen LogP contribution in [0.15, 0.2) is 30.6 Å². The van der Waals surface area contributed by atoms with E-state index in [1.807, 2.05) is 25.3 Å². The van der Waals surface area contributed by atoms with Gasteiger partial charge in [-0.05, 0) is 24.1 Å². The lowest BCUT2D eigenvalue weighted by molar-refractivity contribution is -0.0231. The average Bonchev–Trinajstić information content (AvgIpc) is 2.86. The van der Waals surface area contributed by atoms with E-state index in [1.165, 1.54) is 0 Å². The summed E-state index contributed by atoms with van der Waals surface area (Å²) < 4.78 is 32.8. The molecule has 0 saturated carbocycles. The van der Waals surface area contributed by atoms with Gasteiger partial charge in [0.15, 0.2) is 6.61 Å². The summed E-state index contributed by atoms with van der Waals surface area (Å²) in [6.45, 7) is 3.17. The van der Waals surface area contributed by atoms with Crippen molar-refractivity contribution in [2.75, 3.05) is 13.2 Å². The molecule has 2 aromatic rings. The predicted octanol–water partition coefficient (Wildman–Crippen LogP) is 3.27. The Morgan fingerprint density at radius 3 is 2.68 bits per heavy atom. The molecule has 0 spiro atoms. The van der Waals surface area contributed by atoms with Crippen LogP contribution >= 0.6 is 12.4 Å².